The van der Waals surface area contributed by atoms with Crippen molar-refractivity contribution in [3.63, 3.8) is 0 Å². The minimum absolute atomic E-state index is 0.00825. The maximum absolute atomic E-state index is 12.6. The first-order valence-corrected chi connectivity index (χ1v) is 8.43. The van der Waals surface area contributed by atoms with Crippen LogP contribution in [0.25, 0.3) is 0 Å². The molecule has 1 saturated heterocycles. The molecule has 0 aliphatic carbocycles. The Morgan fingerprint density at radius 2 is 2.00 bits per heavy atom. The molecule has 4 amide bonds. The molecule has 2 aliphatic heterocycles. The summed E-state index contributed by atoms with van der Waals surface area (Å²) in [6, 6.07) is -1.10. The molecule has 1 aromatic heterocycles. The quantitative estimate of drug-likeness (QED) is 0.754. The molecule has 134 valence electrons. The van der Waals surface area contributed by atoms with Gasteiger partial charge >= 0.3 is 6.03 Å². The zero-order valence-electron chi connectivity index (χ0n) is 15.0. The molecule has 0 bridgehead atoms. The first kappa shape index (κ1) is 17.3. The van der Waals surface area contributed by atoms with E-state index in [-0.39, 0.29) is 24.3 Å². The highest BCUT2D eigenvalue weighted by Crippen LogP contribution is 2.24. The third kappa shape index (κ3) is 3.20. The van der Waals surface area contributed by atoms with E-state index in [1.54, 1.807) is 18.1 Å². The molecule has 1 atom stereocenters. The second-order valence-electron chi connectivity index (χ2n) is 7.12. The molecule has 0 spiro atoms. The van der Waals surface area contributed by atoms with Crippen molar-refractivity contribution in [1.82, 2.24) is 24.7 Å². The molecular weight excluding hydrogens is 322 g/mol. The van der Waals surface area contributed by atoms with E-state index in [2.05, 4.69) is 23.8 Å². The van der Waals surface area contributed by atoms with Gasteiger partial charge in [0.25, 0.3) is 5.91 Å². The molecule has 8 heteroatoms. The van der Waals surface area contributed by atoms with Gasteiger partial charge in [0.05, 0.1) is 18.7 Å². The van der Waals surface area contributed by atoms with Crippen molar-refractivity contribution < 1.29 is 14.4 Å². The van der Waals surface area contributed by atoms with Crippen LogP contribution in [0, 0.1) is 5.92 Å². The molecule has 2 aliphatic rings. The summed E-state index contributed by atoms with van der Waals surface area (Å²) in [5, 5.41) is 0. The molecule has 0 N–H and O–H groups in total. The first-order valence-electron chi connectivity index (χ1n) is 8.43. The van der Waals surface area contributed by atoms with Crippen LogP contribution in [0.3, 0.4) is 0 Å². The maximum Gasteiger partial charge on any atom is 0.326 e. The fraction of sp³-hybridized carbons (Fsp3) is 0.588. The van der Waals surface area contributed by atoms with Crippen LogP contribution in [0.4, 0.5) is 4.79 Å². The number of hydrogen-bond donors (Lipinski definition) is 0. The lowest BCUT2D eigenvalue weighted by atomic mass is 10.1. The van der Waals surface area contributed by atoms with Crippen molar-refractivity contribution in [1.29, 1.82) is 0 Å². The number of fused-ring (bicyclic) bond motifs is 1. The fourth-order valence-corrected chi connectivity index (χ4v) is 3.21. The summed E-state index contributed by atoms with van der Waals surface area (Å²) in [5.41, 5.74) is 1.82. The highest BCUT2D eigenvalue weighted by molar-refractivity contribution is 6.05. The topological polar surface area (TPSA) is 86.7 Å². The van der Waals surface area contributed by atoms with E-state index >= 15 is 0 Å². The predicted molar refractivity (Wildman–Crippen MR) is 89.2 cm³/mol. The zero-order valence-corrected chi connectivity index (χ0v) is 15.0. The van der Waals surface area contributed by atoms with Crippen molar-refractivity contribution in [2.75, 3.05) is 14.1 Å². The summed E-state index contributed by atoms with van der Waals surface area (Å²) in [5.74, 6) is 0.768. The highest BCUT2D eigenvalue weighted by Gasteiger charge is 2.42. The standard InChI is InChI=1S/C17H23N5O3/c1-10(2)5-14-18-7-11-8-22(9-12(11)19-14)15(23)6-13-16(24)21(4)17(25)20(13)3/h7,10,13H,5-6,8-9H2,1-4H3. The minimum Gasteiger partial charge on any atom is -0.332 e. The molecule has 0 radical (unpaired) electrons. The lowest BCUT2D eigenvalue weighted by molar-refractivity contribution is -0.136. The number of hydrogen-bond acceptors (Lipinski definition) is 5. The number of carbonyl (C=O) groups is 3. The molecule has 0 aromatic carbocycles. The number of rotatable bonds is 4. The Bertz CT molecular complexity index is 733. The van der Waals surface area contributed by atoms with E-state index in [0.29, 0.717) is 19.0 Å². The van der Waals surface area contributed by atoms with Gasteiger partial charge in [0.1, 0.15) is 11.9 Å². The van der Waals surface area contributed by atoms with Crippen LogP contribution in [-0.4, -0.2) is 62.7 Å². The van der Waals surface area contributed by atoms with Gasteiger partial charge < -0.3 is 9.80 Å². The summed E-state index contributed by atoms with van der Waals surface area (Å²) in [6.45, 7) is 5.10. The van der Waals surface area contributed by atoms with Gasteiger partial charge in [-0.1, -0.05) is 13.8 Å². The van der Waals surface area contributed by atoms with Crippen molar-refractivity contribution >= 4 is 17.8 Å². The minimum atomic E-state index is -0.726. The highest BCUT2D eigenvalue weighted by atomic mass is 16.2. The predicted octanol–water partition coefficient (Wildman–Crippen LogP) is 0.800. The van der Waals surface area contributed by atoms with E-state index in [0.717, 1.165) is 28.4 Å². The largest absolute Gasteiger partial charge is 0.332 e. The molecular formula is C17H23N5O3. The van der Waals surface area contributed by atoms with E-state index in [1.165, 1.54) is 11.9 Å². The summed E-state index contributed by atoms with van der Waals surface area (Å²) >= 11 is 0. The van der Waals surface area contributed by atoms with Crippen molar-refractivity contribution in [2.24, 2.45) is 5.92 Å². The monoisotopic (exact) mass is 345 g/mol. The number of imide groups is 1. The average Bonchev–Trinajstić information content (AvgIpc) is 3.05. The number of nitrogens with zero attached hydrogens (tertiary/aromatic N) is 5. The number of amides is 4. The Kier molecular flexibility index (Phi) is 4.45. The van der Waals surface area contributed by atoms with Gasteiger partial charge in [-0.2, -0.15) is 0 Å². The van der Waals surface area contributed by atoms with E-state index in [4.69, 9.17) is 0 Å². The van der Waals surface area contributed by atoms with E-state index in [1.807, 2.05) is 0 Å². The van der Waals surface area contributed by atoms with Crippen LogP contribution >= 0.6 is 0 Å². The maximum atomic E-state index is 12.6. The Balaban J connectivity index is 1.67. The lowest BCUT2D eigenvalue weighted by Gasteiger charge is -2.20. The SMILES string of the molecule is CC(C)Cc1ncc2c(n1)CN(C(=O)CC1C(=O)N(C)C(=O)N1C)C2. The summed E-state index contributed by atoms with van der Waals surface area (Å²) in [6.07, 6.45) is 2.58. The smallest absolute Gasteiger partial charge is 0.326 e. The Hall–Kier alpha value is -2.51. The second kappa shape index (κ2) is 6.42. The third-order valence-electron chi connectivity index (χ3n) is 4.69. The second-order valence-corrected chi connectivity index (χ2v) is 7.12. The van der Waals surface area contributed by atoms with Gasteiger partial charge in [-0.15, -0.1) is 0 Å². The van der Waals surface area contributed by atoms with Crippen LogP contribution in [0.2, 0.25) is 0 Å². The van der Waals surface area contributed by atoms with Crippen LogP contribution in [-0.2, 0) is 29.1 Å². The first-order chi connectivity index (χ1) is 11.8. The molecule has 1 fully saturated rings. The zero-order chi connectivity index (χ0) is 18.3. The van der Waals surface area contributed by atoms with Crippen LogP contribution in [0.1, 0.15) is 37.4 Å². The van der Waals surface area contributed by atoms with Crippen molar-refractivity contribution in [3.8, 4) is 0 Å². The van der Waals surface area contributed by atoms with Crippen molar-refractivity contribution in [2.45, 2.75) is 45.8 Å². The normalized spacial score (nSPS) is 20.0. The van der Waals surface area contributed by atoms with Gasteiger partial charge in [0, 0.05) is 38.8 Å². The van der Waals surface area contributed by atoms with E-state index < -0.39 is 6.04 Å². The number of aromatic nitrogens is 2. The average molecular weight is 345 g/mol. The number of likely N-dealkylation sites (N-methyl/N-ethyl adjacent to an activating group) is 2. The molecule has 0 saturated carbocycles. The van der Waals surface area contributed by atoms with Gasteiger partial charge in [0.15, 0.2) is 0 Å². The summed E-state index contributed by atoms with van der Waals surface area (Å²) < 4.78 is 0. The van der Waals surface area contributed by atoms with Crippen LogP contribution in [0.5, 0.6) is 0 Å². The molecule has 3 rings (SSSR count). The Morgan fingerprint density at radius 1 is 1.28 bits per heavy atom. The molecule has 1 unspecified atom stereocenters. The Morgan fingerprint density at radius 3 is 2.60 bits per heavy atom. The van der Waals surface area contributed by atoms with Crippen molar-refractivity contribution in [3.05, 3.63) is 23.3 Å². The lowest BCUT2D eigenvalue weighted by Crippen LogP contribution is -2.37. The van der Waals surface area contributed by atoms with E-state index in [9.17, 15) is 14.4 Å². The van der Waals surface area contributed by atoms with Gasteiger partial charge in [-0.05, 0) is 5.92 Å². The van der Waals surface area contributed by atoms with Crippen LogP contribution in [0.15, 0.2) is 6.20 Å². The Labute approximate surface area is 146 Å². The summed E-state index contributed by atoms with van der Waals surface area (Å²) in [7, 11) is 2.98. The van der Waals surface area contributed by atoms with Gasteiger partial charge in [-0.25, -0.2) is 14.8 Å². The number of urea groups is 1. The third-order valence-corrected chi connectivity index (χ3v) is 4.69. The molecule has 3 heterocycles. The molecule has 25 heavy (non-hydrogen) atoms. The molecule has 1 aromatic rings. The van der Waals surface area contributed by atoms with Gasteiger partial charge in [0.2, 0.25) is 5.91 Å². The fourth-order valence-electron chi connectivity index (χ4n) is 3.21. The summed E-state index contributed by atoms with van der Waals surface area (Å²) in [4.78, 5) is 49.5. The number of carbonyl (C=O) groups excluding carboxylic acids is 3. The van der Waals surface area contributed by atoms with Crippen LogP contribution < -0.4 is 0 Å². The molecule has 8 nitrogen and oxygen atoms in total. The van der Waals surface area contributed by atoms with Gasteiger partial charge in [-0.3, -0.25) is 14.5 Å².